The fourth-order valence-corrected chi connectivity index (χ4v) is 6.71. The minimum atomic E-state index is -1.28. The van der Waals surface area contributed by atoms with Gasteiger partial charge in [0.05, 0.1) is 5.52 Å². The van der Waals surface area contributed by atoms with E-state index < -0.39 is 40.1 Å². The second-order valence-electron chi connectivity index (χ2n) is 9.95. The van der Waals surface area contributed by atoms with Crippen molar-refractivity contribution >= 4 is 40.5 Å². The Morgan fingerprint density at radius 1 is 1.20 bits per heavy atom. The molecule has 0 aliphatic carbocycles. The summed E-state index contributed by atoms with van der Waals surface area (Å²) in [6.07, 6.45) is 2.70. The van der Waals surface area contributed by atoms with Crippen molar-refractivity contribution in [3.63, 3.8) is 0 Å². The Bertz CT molecular complexity index is 1700. The van der Waals surface area contributed by atoms with Crippen LogP contribution in [0.3, 0.4) is 0 Å². The average molecular weight is 602 g/mol. The number of β-lactam (4-membered cyclic amide) rings is 1. The number of tetrazole rings is 1. The van der Waals surface area contributed by atoms with Crippen LogP contribution in [0.15, 0.2) is 53.6 Å². The second kappa shape index (κ2) is 11.3. The molecule has 4 aromatic rings. The number of aromatic hydroxyl groups is 1. The Kier molecular flexibility index (Phi) is 8.06. The summed E-state index contributed by atoms with van der Waals surface area (Å²) < 4.78 is -0.459. The van der Waals surface area contributed by atoms with Crippen LogP contribution in [-0.4, -0.2) is 74.5 Å². The predicted octanol–water partition coefficient (Wildman–Crippen LogP) is -2.35. The standard InChI is InChI=1S/C25H23N9O5S.K.H/c1-25(2)19(20-30-32-33-31-20)34-23(39)17(24(34)40-25)29-22(38)15(11-5-7-12(35)8-6-11)28-21(37)13-10-27-14-4-3-9-26-16(14)18(13)36;;/h3-10,15,17,19,24,35H,1-2H3,(H,27,36)(H,28,37)(H,29,38)(H,30,31,32,33);;/q;+1;-1/t15?,17?,19?,24-;;/m0../s1. The zero-order valence-corrected chi connectivity index (χ0v) is 26.1. The zero-order valence-electron chi connectivity index (χ0n) is 23.2. The van der Waals surface area contributed by atoms with E-state index >= 15 is 0 Å². The molecule has 2 aliphatic heterocycles. The smallest absolute Gasteiger partial charge is 1.00 e. The van der Waals surface area contributed by atoms with Gasteiger partial charge in [0.15, 0.2) is 5.82 Å². The van der Waals surface area contributed by atoms with Crippen molar-refractivity contribution in [1.29, 1.82) is 0 Å². The number of nitrogens with one attached hydrogen (secondary N) is 4. The second-order valence-corrected chi connectivity index (χ2v) is 11.7. The first kappa shape index (κ1) is 29.3. The van der Waals surface area contributed by atoms with Gasteiger partial charge in [-0.2, -0.15) is 5.21 Å². The molecule has 0 radical (unpaired) electrons. The number of carbonyl (C=O) groups excluding carboxylic acids is 3. The van der Waals surface area contributed by atoms with Gasteiger partial charge >= 0.3 is 51.4 Å². The third-order valence-electron chi connectivity index (χ3n) is 6.99. The molecule has 3 amide bonds. The van der Waals surface area contributed by atoms with Gasteiger partial charge in [-0.1, -0.05) is 17.3 Å². The first-order chi connectivity index (χ1) is 19.2. The minimum Gasteiger partial charge on any atom is -1.00 e. The molecule has 2 aliphatic rings. The number of rotatable bonds is 6. The Balaban J connectivity index is 0.00000202. The molecule has 206 valence electrons. The number of carbonyl (C=O) groups is 3. The first-order valence-corrected chi connectivity index (χ1v) is 13.1. The van der Waals surface area contributed by atoms with Gasteiger partial charge in [0.25, 0.3) is 5.91 Å². The van der Waals surface area contributed by atoms with E-state index in [1.165, 1.54) is 48.4 Å². The summed E-state index contributed by atoms with van der Waals surface area (Å²) in [5.74, 6) is -1.44. The number of aromatic nitrogens is 6. The molecule has 3 aromatic heterocycles. The van der Waals surface area contributed by atoms with Gasteiger partial charge in [0, 0.05) is 17.1 Å². The van der Waals surface area contributed by atoms with Crippen molar-refractivity contribution < 1.29 is 72.3 Å². The van der Waals surface area contributed by atoms with Gasteiger partial charge in [0.1, 0.15) is 40.3 Å². The van der Waals surface area contributed by atoms with Crippen molar-refractivity contribution in [3.8, 4) is 5.75 Å². The average Bonchev–Trinajstić information content (AvgIpc) is 3.55. The number of amides is 3. The summed E-state index contributed by atoms with van der Waals surface area (Å²) >= 11 is 1.50. The van der Waals surface area contributed by atoms with Crippen LogP contribution < -0.4 is 67.4 Å². The molecule has 41 heavy (non-hydrogen) atoms. The summed E-state index contributed by atoms with van der Waals surface area (Å²) in [4.78, 5) is 61.6. The number of benzene rings is 1. The van der Waals surface area contributed by atoms with Crippen LogP contribution in [0.1, 0.15) is 49.1 Å². The Morgan fingerprint density at radius 2 is 1.95 bits per heavy atom. The number of thioether (sulfide) groups is 1. The Labute approximate surface area is 280 Å². The van der Waals surface area contributed by atoms with E-state index in [2.05, 4.69) is 41.2 Å². The van der Waals surface area contributed by atoms with E-state index in [9.17, 15) is 24.3 Å². The molecule has 0 saturated carbocycles. The van der Waals surface area contributed by atoms with Crippen molar-refractivity contribution in [3.05, 3.63) is 76.0 Å². The molecule has 5 heterocycles. The van der Waals surface area contributed by atoms with Crippen LogP contribution in [0.2, 0.25) is 0 Å². The van der Waals surface area contributed by atoms with E-state index in [1.807, 2.05) is 13.8 Å². The number of fused-ring (bicyclic) bond motifs is 2. The van der Waals surface area contributed by atoms with Crippen molar-refractivity contribution in [2.75, 3.05) is 0 Å². The van der Waals surface area contributed by atoms with Crippen molar-refractivity contribution in [1.82, 2.24) is 46.1 Å². The third kappa shape index (κ3) is 5.19. The van der Waals surface area contributed by atoms with Crippen molar-refractivity contribution in [2.24, 2.45) is 0 Å². The van der Waals surface area contributed by atoms with Gasteiger partial charge in [-0.15, -0.1) is 22.0 Å². The molecule has 4 atom stereocenters. The van der Waals surface area contributed by atoms with Gasteiger partial charge in [-0.3, -0.25) is 24.2 Å². The minimum absolute atomic E-state index is 0. The largest absolute Gasteiger partial charge is 1.00 e. The SMILES string of the molecule is CC1(C)S[C@H]2C(NC(=O)C(NC(=O)c3c[nH]c4cccnc4c3=O)c3ccc(O)cc3)C(=O)N2C1c1nn[nH]n1.[H-].[K+]. The molecule has 6 rings (SSSR count). The normalized spacial score (nSPS) is 21.4. The number of hydrogen-bond donors (Lipinski definition) is 5. The number of nitrogens with zero attached hydrogens (tertiary/aromatic N) is 5. The molecule has 3 unspecified atom stereocenters. The van der Waals surface area contributed by atoms with Crippen LogP contribution in [0, 0.1) is 0 Å². The van der Waals surface area contributed by atoms with Gasteiger partial charge in [-0.05, 0) is 43.7 Å². The molecular weight excluding hydrogens is 577 g/mol. The molecule has 0 spiro atoms. The third-order valence-corrected chi connectivity index (χ3v) is 8.56. The molecule has 2 saturated heterocycles. The quantitative estimate of drug-likeness (QED) is 0.118. The number of aromatic amines is 2. The maximum atomic E-state index is 13.6. The van der Waals surface area contributed by atoms with Crippen LogP contribution in [0.5, 0.6) is 5.75 Å². The molecule has 0 bridgehead atoms. The van der Waals surface area contributed by atoms with E-state index in [0.29, 0.717) is 16.9 Å². The first-order valence-electron chi connectivity index (χ1n) is 12.3. The van der Waals surface area contributed by atoms with E-state index in [4.69, 9.17) is 0 Å². The molecule has 14 nitrogen and oxygen atoms in total. The van der Waals surface area contributed by atoms with Crippen LogP contribution in [0.25, 0.3) is 11.0 Å². The summed E-state index contributed by atoms with van der Waals surface area (Å²) in [7, 11) is 0. The topological polar surface area (TPSA) is 199 Å². The van der Waals surface area contributed by atoms with Crippen molar-refractivity contribution in [2.45, 2.75) is 42.1 Å². The van der Waals surface area contributed by atoms with Gasteiger partial charge in [-0.25, -0.2) is 0 Å². The van der Waals surface area contributed by atoms with Gasteiger partial charge in [0.2, 0.25) is 17.2 Å². The molecule has 1 aromatic carbocycles. The molecule has 5 N–H and O–H groups in total. The summed E-state index contributed by atoms with van der Waals surface area (Å²) in [6, 6.07) is 6.41. The number of phenols is 1. The maximum Gasteiger partial charge on any atom is 1.00 e. The number of hydrogen-bond acceptors (Lipinski definition) is 10. The fraction of sp³-hybridized carbons (Fsp3) is 0.280. The predicted molar refractivity (Wildman–Crippen MR) is 143 cm³/mol. The number of pyridine rings is 2. The van der Waals surface area contributed by atoms with Gasteiger partial charge < -0.3 is 27.1 Å². The summed E-state index contributed by atoms with van der Waals surface area (Å²) in [5.41, 5.74) is 0.0501. The van der Waals surface area contributed by atoms with Crippen LogP contribution in [-0.2, 0) is 9.59 Å². The molecular formula is C25H24KN9O5S. The van der Waals surface area contributed by atoms with Crippen LogP contribution in [0.4, 0.5) is 0 Å². The Morgan fingerprint density at radius 3 is 2.66 bits per heavy atom. The zero-order chi connectivity index (χ0) is 28.2. The molecule has 16 heteroatoms. The fourth-order valence-electron chi connectivity index (χ4n) is 5.08. The summed E-state index contributed by atoms with van der Waals surface area (Å²) in [6.45, 7) is 3.91. The monoisotopic (exact) mass is 601 g/mol. The summed E-state index contributed by atoms with van der Waals surface area (Å²) in [5, 5.41) is 28.9. The Hall–Kier alpha value is -3.15. The maximum absolute atomic E-state index is 13.6. The van der Waals surface area contributed by atoms with E-state index in [-0.39, 0.29) is 80.9 Å². The number of phenolic OH excluding ortho intramolecular Hbond substituents is 1. The molecule has 2 fully saturated rings. The van der Waals surface area contributed by atoms with Crippen LogP contribution >= 0.6 is 11.8 Å². The van der Waals surface area contributed by atoms with E-state index in [1.54, 1.807) is 17.0 Å². The number of H-pyrrole nitrogens is 2. The van der Waals surface area contributed by atoms with E-state index in [0.717, 1.165) is 0 Å².